The maximum atomic E-state index is 12.3. The summed E-state index contributed by atoms with van der Waals surface area (Å²) in [6.07, 6.45) is 7.47. The van der Waals surface area contributed by atoms with E-state index >= 15 is 0 Å². The largest absolute Gasteiger partial charge is 0.326 e. The van der Waals surface area contributed by atoms with Crippen LogP contribution in [0, 0.1) is 5.92 Å². The zero-order valence-corrected chi connectivity index (χ0v) is 13.3. The van der Waals surface area contributed by atoms with Crippen molar-refractivity contribution in [2.45, 2.75) is 37.3 Å². The predicted octanol–water partition coefficient (Wildman–Crippen LogP) is 2.90. The van der Waals surface area contributed by atoms with E-state index in [0.29, 0.717) is 0 Å². The van der Waals surface area contributed by atoms with Gasteiger partial charge >= 0.3 is 0 Å². The molecule has 1 heterocycles. The summed E-state index contributed by atoms with van der Waals surface area (Å²) in [6.45, 7) is 0. The molecule has 1 fully saturated rings. The standard InChI is InChI=1S/C15H19N5OS/c1-22-15-17-18-19-20(15)13-9-5-8-12(10-13)16-14(21)11-6-3-2-4-7-11/h5,8-11H,2-4,6-7H2,1H3,(H,16,21). The highest BCUT2D eigenvalue weighted by Crippen LogP contribution is 2.25. The fraction of sp³-hybridized carbons (Fsp3) is 0.467. The van der Waals surface area contributed by atoms with Crippen LogP contribution < -0.4 is 5.32 Å². The van der Waals surface area contributed by atoms with Crippen LogP contribution in [0.5, 0.6) is 0 Å². The van der Waals surface area contributed by atoms with Crippen LogP contribution in [0.2, 0.25) is 0 Å². The number of amides is 1. The number of hydrogen-bond donors (Lipinski definition) is 1. The molecule has 0 aliphatic heterocycles. The second kappa shape index (κ2) is 6.91. The van der Waals surface area contributed by atoms with Crippen LogP contribution in [0.3, 0.4) is 0 Å². The number of tetrazole rings is 1. The molecule has 1 aliphatic carbocycles. The van der Waals surface area contributed by atoms with Gasteiger partial charge in [0.15, 0.2) is 0 Å². The van der Waals surface area contributed by atoms with Gasteiger partial charge in [-0.25, -0.2) is 0 Å². The lowest BCUT2D eigenvalue weighted by Gasteiger charge is -2.20. The Morgan fingerprint density at radius 2 is 2.14 bits per heavy atom. The van der Waals surface area contributed by atoms with Crippen LogP contribution >= 0.6 is 11.8 Å². The second-order valence-corrected chi connectivity index (χ2v) is 6.23. The zero-order valence-electron chi connectivity index (χ0n) is 12.5. The van der Waals surface area contributed by atoms with Gasteiger partial charge in [0.2, 0.25) is 11.1 Å². The van der Waals surface area contributed by atoms with E-state index in [2.05, 4.69) is 20.8 Å². The molecule has 22 heavy (non-hydrogen) atoms. The van der Waals surface area contributed by atoms with Crippen molar-refractivity contribution in [1.29, 1.82) is 0 Å². The van der Waals surface area contributed by atoms with Gasteiger partial charge in [-0.15, -0.1) is 5.10 Å². The molecule has 2 aromatic rings. The van der Waals surface area contributed by atoms with Crippen LogP contribution in [0.4, 0.5) is 5.69 Å². The fourth-order valence-electron chi connectivity index (χ4n) is 2.79. The van der Waals surface area contributed by atoms with Crippen molar-refractivity contribution >= 4 is 23.4 Å². The molecule has 1 amide bonds. The summed E-state index contributed by atoms with van der Waals surface area (Å²) in [5.74, 6) is 0.269. The molecule has 1 saturated carbocycles. The minimum Gasteiger partial charge on any atom is -0.326 e. The third-order valence-electron chi connectivity index (χ3n) is 3.96. The average Bonchev–Trinajstić information content (AvgIpc) is 3.04. The van der Waals surface area contributed by atoms with Crippen LogP contribution in [0.1, 0.15) is 32.1 Å². The number of nitrogens with zero attached hydrogens (tertiary/aromatic N) is 4. The van der Waals surface area contributed by atoms with E-state index in [1.165, 1.54) is 18.2 Å². The Morgan fingerprint density at radius 1 is 1.32 bits per heavy atom. The van der Waals surface area contributed by atoms with E-state index < -0.39 is 0 Å². The Labute approximate surface area is 133 Å². The first kappa shape index (κ1) is 15.0. The van der Waals surface area contributed by atoms with Crippen molar-refractivity contribution < 1.29 is 4.79 Å². The van der Waals surface area contributed by atoms with Gasteiger partial charge in [-0.3, -0.25) is 4.79 Å². The maximum absolute atomic E-state index is 12.3. The first-order valence-electron chi connectivity index (χ1n) is 7.51. The molecule has 1 aromatic carbocycles. The maximum Gasteiger partial charge on any atom is 0.227 e. The minimum atomic E-state index is 0.124. The Hall–Kier alpha value is -1.89. The number of benzene rings is 1. The fourth-order valence-corrected chi connectivity index (χ4v) is 3.23. The minimum absolute atomic E-state index is 0.124. The Balaban J connectivity index is 1.75. The molecule has 0 spiro atoms. The third kappa shape index (κ3) is 3.30. The summed E-state index contributed by atoms with van der Waals surface area (Å²) in [4.78, 5) is 12.3. The van der Waals surface area contributed by atoms with Gasteiger partial charge < -0.3 is 5.32 Å². The molecule has 1 N–H and O–H groups in total. The summed E-state index contributed by atoms with van der Waals surface area (Å²) >= 11 is 1.48. The Bertz CT molecular complexity index is 651. The van der Waals surface area contributed by atoms with Crippen molar-refractivity contribution in [1.82, 2.24) is 20.2 Å². The van der Waals surface area contributed by atoms with Crippen molar-refractivity contribution in [2.24, 2.45) is 5.92 Å². The van der Waals surface area contributed by atoms with Gasteiger partial charge in [0.25, 0.3) is 0 Å². The topological polar surface area (TPSA) is 72.7 Å². The SMILES string of the molecule is CSc1nnnn1-c1cccc(NC(=O)C2CCCCC2)c1. The summed E-state index contributed by atoms with van der Waals surface area (Å²) < 4.78 is 1.67. The number of hydrogen-bond acceptors (Lipinski definition) is 5. The van der Waals surface area contributed by atoms with Gasteiger partial charge in [-0.1, -0.05) is 37.1 Å². The highest BCUT2D eigenvalue weighted by atomic mass is 32.2. The lowest BCUT2D eigenvalue weighted by molar-refractivity contribution is -0.120. The van der Waals surface area contributed by atoms with Crippen LogP contribution in [0.15, 0.2) is 29.4 Å². The van der Waals surface area contributed by atoms with Crippen molar-refractivity contribution in [3.63, 3.8) is 0 Å². The Kier molecular flexibility index (Phi) is 4.72. The number of carbonyl (C=O) groups is 1. The highest BCUT2D eigenvalue weighted by molar-refractivity contribution is 7.98. The number of rotatable bonds is 4. The van der Waals surface area contributed by atoms with Gasteiger partial charge in [0, 0.05) is 11.6 Å². The quantitative estimate of drug-likeness (QED) is 0.878. The van der Waals surface area contributed by atoms with Crippen LogP contribution in [-0.4, -0.2) is 32.4 Å². The van der Waals surface area contributed by atoms with Gasteiger partial charge in [-0.05, 0) is 47.7 Å². The molecule has 116 valence electrons. The van der Waals surface area contributed by atoms with Gasteiger partial charge in [0.1, 0.15) is 0 Å². The van der Waals surface area contributed by atoms with E-state index in [0.717, 1.165) is 42.2 Å². The average molecular weight is 317 g/mol. The van der Waals surface area contributed by atoms with Crippen LogP contribution in [-0.2, 0) is 4.79 Å². The molecule has 0 saturated heterocycles. The molecule has 0 atom stereocenters. The predicted molar refractivity (Wildman–Crippen MR) is 86.1 cm³/mol. The highest BCUT2D eigenvalue weighted by Gasteiger charge is 2.21. The molecular formula is C15H19N5OS. The first-order valence-corrected chi connectivity index (χ1v) is 8.74. The van der Waals surface area contributed by atoms with E-state index in [4.69, 9.17) is 0 Å². The van der Waals surface area contributed by atoms with Gasteiger partial charge in [0.05, 0.1) is 5.69 Å². The normalized spacial score (nSPS) is 15.7. The molecule has 1 aromatic heterocycles. The number of thioether (sulfide) groups is 1. The van der Waals surface area contributed by atoms with Crippen molar-refractivity contribution in [3.8, 4) is 5.69 Å². The summed E-state index contributed by atoms with van der Waals surface area (Å²) in [7, 11) is 0. The molecule has 3 rings (SSSR count). The number of carbonyl (C=O) groups excluding carboxylic acids is 1. The third-order valence-corrected chi connectivity index (χ3v) is 4.58. The summed E-state index contributed by atoms with van der Waals surface area (Å²) in [5, 5.41) is 15.4. The summed E-state index contributed by atoms with van der Waals surface area (Å²) in [5.41, 5.74) is 1.63. The second-order valence-electron chi connectivity index (χ2n) is 5.45. The number of nitrogens with one attached hydrogen (secondary N) is 1. The zero-order chi connectivity index (χ0) is 15.4. The van der Waals surface area contributed by atoms with E-state index in [1.807, 2.05) is 30.5 Å². The lowest BCUT2D eigenvalue weighted by atomic mass is 9.88. The molecule has 0 bridgehead atoms. The van der Waals surface area contributed by atoms with Gasteiger partial charge in [-0.2, -0.15) is 4.68 Å². The lowest BCUT2D eigenvalue weighted by Crippen LogP contribution is -2.24. The number of aromatic nitrogens is 4. The molecule has 0 radical (unpaired) electrons. The van der Waals surface area contributed by atoms with Crippen molar-refractivity contribution in [2.75, 3.05) is 11.6 Å². The van der Waals surface area contributed by atoms with Crippen molar-refractivity contribution in [3.05, 3.63) is 24.3 Å². The van der Waals surface area contributed by atoms with E-state index in [9.17, 15) is 4.79 Å². The Morgan fingerprint density at radius 3 is 2.91 bits per heavy atom. The van der Waals surface area contributed by atoms with Crippen LogP contribution in [0.25, 0.3) is 5.69 Å². The molecule has 1 aliphatic rings. The smallest absolute Gasteiger partial charge is 0.227 e. The molecule has 6 nitrogen and oxygen atoms in total. The first-order chi connectivity index (χ1) is 10.8. The molecule has 7 heteroatoms. The summed E-state index contributed by atoms with van der Waals surface area (Å²) in [6, 6.07) is 7.62. The number of anilines is 1. The molecule has 0 unspecified atom stereocenters. The molecular weight excluding hydrogens is 298 g/mol. The monoisotopic (exact) mass is 317 g/mol. The van der Waals surface area contributed by atoms with E-state index in [1.54, 1.807) is 4.68 Å². The van der Waals surface area contributed by atoms with E-state index in [-0.39, 0.29) is 11.8 Å².